The van der Waals surface area contributed by atoms with Crippen LogP contribution in [0.2, 0.25) is 0 Å². The summed E-state index contributed by atoms with van der Waals surface area (Å²) in [5.74, 6) is -0.514. The number of aliphatic hydroxyl groups excluding tert-OH is 1. The Kier molecular flexibility index (Phi) is 3.93. The number of rotatable bonds is 4. The smallest absolute Gasteiger partial charge is 0.163 e. The predicted molar refractivity (Wildman–Crippen MR) is 59.5 cm³/mol. The van der Waals surface area contributed by atoms with Crippen molar-refractivity contribution in [2.45, 2.75) is 45.5 Å². The monoisotopic (exact) mass is 214 g/mol. The van der Waals surface area contributed by atoms with E-state index in [9.17, 15) is 0 Å². The van der Waals surface area contributed by atoms with Crippen LogP contribution in [0.3, 0.4) is 0 Å². The lowest BCUT2D eigenvalue weighted by Gasteiger charge is -2.47. The second-order valence-electron chi connectivity index (χ2n) is 4.78. The molecule has 15 heavy (non-hydrogen) atoms. The summed E-state index contributed by atoms with van der Waals surface area (Å²) in [7, 11) is 0. The lowest BCUT2D eigenvalue weighted by molar-refractivity contribution is -0.315. The Labute approximate surface area is 92.1 Å². The van der Waals surface area contributed by atoms with E-state index < -0.39 is 5.79 Å². The largest absolute Gasteiger partial charge is 0.396 e. The minimum atomic E-state index is -0.514. The SMILES string of the molecule is C=CC[C@]1(CCO)COC(C)(C)O[C@H]1C. The maximum Gasteiger partial charge on any atom is 0.163 e. The summed E-state index contributed by atoms with van der Waals surface area (Å²) in [5.41, 5.74) is -0.119. The molecule has 1 fully saturated rings. The minimum absolute atomic E-state index is 0.0754. The third-order valence-corrected chi connectivity index (χ3v) is 3.19. The van der Waals surface area contributed by atoms with Gasteiger partial charge in [0.1, 0.15) is 0 Å². The average Bonchev–Trinajstić information content (AvgIpc) is 2.12. The Balaban J connectivity index is 2.76. The molecule has 0 radical (unpaired) electrons. The first kappa shape index (κ1) is 12.7. The van der Waals surface area contributed by atoms with Crippen LogP contribution in [-0.4, -0.2) is 30.2 Å². The standard InChI is InChI=1S/C12H22O3/c1-5-6-12(7-8-13)9-14-11(3,4)15-10(12)2/h5,10,13H,1,6-9H2,2-4H3/t10-,12-/m0/s1. The predicted octanol–water partition coefficient (Wildman–Crippen LogP) is 2.10. The molecule has 0 bridgehead atoms. The molecule has 3 heteroatoms. The molecule has 0 aromatic heterocycles. The molecule has 0 aromatic rings. The van der Waals surface area contributed by atoms with Gasteiger partial charge in [-0.2, -0.15) is 0 Å². The quantitative estimate of drug-likeness (QED) is 0.728. The number of hydrogen-bond acceptors (Lipinski definition) is 3. The van der Waals surface area contributed by atoms with Gasteiger partial charge in [0.25, 0.3) is 0 Å². The third kappa shape index (κ3) is 2.80. The molecule has 0 saturated carbocycles. The first-order valence-electron chi connectivity index (χ1n) is 5.49. The van der Waals surface area contributed by atoms with Gasteiger partial charge in [0.2, 0.25) is 0 Å². The van der Waals surface area contributed by atoms with E-state index in [0.29, 0.717) is 13.0 Å². The number of aliphatic hydroxyl groups is 1. The molecule has 0 aliphatic carbocycles. The summed E-state index contributed by atoms with van der Waals surface area (Å²) in [5, 5.41) is 9.11. The zero-order chi connectivity index (χ0) is 11.5. The summed E-state index contributed by atoms with van der Waals surface area (Å²) in [6, 6.07) is 0. The highest BCUT2D eigenvalue weighted by Crippen LogP contribution is 2.40. The molecule has 0 unspecified atom stereocenters. The van der Waals surface area contributed by atoms with Gasteiger partial charge in [0.15, 0.2) is 5.79 Å². The molecule has 1 saturated heterocycles. The molecule has 0 aromatic carbocycles. The Hall–Kier alpha value is -0.380. The second-order valence-corrected chi connectivity index (χ2v) is 4.78. The molecule has 88 valence electrons. The van der Waals surface area contributed by atoms with Crippen molar-refractivity contribution >= 4 is 0 Å². The van der Waals surface area contributed by atoms with Crippen LogP contribution in [0.1, 0.15) is 33.6 Å². The van der Waals surface area contributed by atoms with Gasteiger partial charge >= 0.3 is 0 Å². The molecular weight excluding hydrogens is 192 g/mol. The molecule has 1 N–H and O–H groups in total. The van der Waals surface area contributed by atoms with E-state index in [1.54, 1.807) is 0 Å². The number of hydrogen-bond donors (Lipinski definition) is 1. The lowest BCUT2D eigenvalue weighted by atomic mass is 9.76. The van der Waals surface area contributed by atoms with Crippen molar-refractivity contribution < 1.29 is 14.6 Å². The van der Waals surface area contributed by atoms with Crippen LogP contribution < -0.4 is 0 Å². The average molecular weight is 214 g/mol. The van der Waals surface area contributed by atoms with Crippen LogP contribution in [0.4, 0.5) is 0 Å². The Morgan fingerprint density at radius 3 is 2.67 bits per heavy atom. The molecule has 2 atom stereocenters. The van der Waals surface area contributed by atoms with Crippen molar-refractivity contribution in [2.24, 2.45) is 5.41 Å². The van der Waals surface area contributed by atoms with E-state index in [0.717, 1.165) is 6.42 Å². The van der Waals surface area contributed by atoms with E-state index in [1.807, 2.05) is 26.8 Å². The van der Waals surface area contributed by atoms with E-state index in [1.165, 1.54) is 0 Å². The fourth-order valence-electron chi connectivity index (χ4n) is 2.13. The third-order valence-electron chi connectivity index (χ3n) is 3.19. The van der Waals surface area contributed by atoms with Crippen LogP contribution >= 0.6 is 0 Å². The van der Waals surface area contributed by atoms with Crippen molar-refractivity contribution in [2.75, 3.05) is 13.2 Å². The van der Waals surface area contributed by atoms with Crippen LogP contribution in [-0.2, 0) is 9.47 Å². The van der Waals surface area contributed by atoms with Crippen molar-refractivity contribution in [3.63, 3.8) is 0 Å². The van der Waals surface area contributed by atoms with Crippen LogP contribution in [0.25, 0.3) is 0 Å². The highest BCUT2D eigenvalue weighted by Gasteiger charge is 2.44. The van der Waals surface area contributed by atoms with Gasteiger partial charge in [-0.1, -0.05) is 6.08 Å². The summed E-state index contributed by atoms with van der Waals surface area (Å²) >= 11 is 0. The molecule has 0 amide bonds. The van der Waals surface area contributed by atoms with Gasteiger partial charge in [-0.15, -0.1) is 6.58 Å². The minimum Gasteiger partial charge on any atom is -0.396 e. The van der Waals surface area contributed by atoms with Crippen molar-refractivity contribution in [3.8, 4) is 0 Å². The van der Waals surface area contributed by atoms with Gasteiger partial charge in [0.05, 0.1) is 12.7 Å². The Morgan fingerprint density at radius 2 is 2.20 bits per heavy atom. The van der Waals surface area contributed by atoms with Gasteiger partial charge < -0.3 is 14.6 Å². The fourth-order valence-corrected chi connectivity index (χ4v) is 2.13. The highest BCUT2D eigenvalue weighted by atomic mass is 16.7. The first-order valence-corrected chi connectivity index (χ1v) is 5.49. The van der Waals surface area contributed by atoms with Crippen LogP contribution in [0, 0.1) is 5.41 Å². The second kappa shape index (κ2) is 4.64. The maximum absolute atomic E-state index is 9.11. The van der Waals surface area contributed by atoms with E-state index in [-0.39, 0.29) is 18.1 Å². The zero-order valence-corrected chi connectivity index (χ0v) is 9.95. The molecule has 3 nitrogen and oxygen atoms in total. The summed E-state index contributed by atoms with van der Waals surface area (Å²) in [6.45, 7) is 10.4. The first-order chi connectivity index (χ1) is 6.96. The molecular formula is C12H22O3. The summed E-state index contributed by atoms with van der Waals surface area (Å²) in [6.07, 6.45) is 3.45. The molecule has 1 aliphatic rings. The Bertz CT molecular complexity index is 225. The number of ether oxygens (including phenoxy) is 2. The number of allylic oxidation sites excluding steroid dienone is 1. The van der Waals surface area contributed by atoms with Gasteiger partial charge in [-0.05, 0) is 33.6 Å². The fraction of sp³-hybridized carbons (Fsp3) is 0.833. The van der Waals surface area contributed by atoms with E-state index in [4.69, 9.17) is 14.6 Å². The maximum atomic E-state index is 9.11. The zero-order valence-electron chi connectivity index (χ0n) is 9.95. The molecule has 0 spiro atoms. The highest BCUT2D eigenvalue weighted by molar-refractivity contribution is 4.94. The lowest BCUT2D eigenvalue weighted by Crippen LogP contribution is -2.52. The van der Waals surface area contributed by atoms with Gasteiger partial charge in [0, 0.05) is 12.0 Å². The van der Waals surface area contributed by atoms with E-state index >= 15 is 0 Å². The molecule has 1 rings (SSSR count). The van der Waals surface area contributed by atoms with Crippen molar-refractivity contribution in [1.29, 1.82) is 0 Å². The van der Waals surface area contributed by atoms with E-state index in [2.05, 4.69) is 6.58 Å². The normalized spacial score (nSPS) is 35.1. The summed E-state index contributed by atoms with van der Waals surface area (Å²) in [4.78, 5) is 0. The van der Waals surface area contributed by atoms with Crippen molar-refractivity contribution in [1.82, 2.24) is 0 Å². The van der Waals surface area contributed by atoms with Gasteiger partial charge in [-0.3, -0.25) is 0 Å². The van der Waals surface area contributed by atoms with Crippen LogP contribution in [0.5, 0.6) is 0 Å². The topological polar surface area (TPSA) is 38.7 Å². The summed E-state index contributed by atoms with van der Waals surface area (Å²) < 4.78 is 11.5. The molecule has 1 heterocycles. The van der Waals surface area contributed by atoms with Gasteiger partial charge in [-0.25, -0.2) is 0 Å². The van der Waals surface area contributed by atoms with Crippen molar-refractivity contribution in [3.05, 3.63) is 12.7 Å². The van der Waals surface area contributed by atoms with Crippen LogP contribution in [0.15, 0.2) is 12.7 Å². The molecule has 1 aliphatic heterocycles. The Morgan fingerprint density at radius 1 is 1.53 bits per heavy atom.